The van der Waals surface area contributed by atoms with Crippen LogP contribution in [0.5, 0.6) is 0 Å². The fraction of sp³-hybridized carbons (Fsp3) is 0.706. The molecule has 0 aromatic carbocycles. The highest BCUT2D eigenvalue weighted by Gasteiger charge is 2.55. The van der Waals surface area contributed by atoms with Gasteiger partial charge in [-0.1, -0.05) is 0 Å². The first-order valence-electron chi connectivity index (χ1n) is 9.57. The Bertz CT molecular complexity index is 915. The summed E-state index contributed by atoms with van der Waals surface area (Å²) in [7, 11) is -2.93. The Hall–Kier alpha value is -1.85. The smallest absolute Gasteiger partial charge is 0.330 e. The predicted molar refractivity (Wildman–Crippen MR) is 102 cm³/mol. The number of hydrogen-bond donors (Lipinski definition) is 3. The number of hydrogen-bond acceptors (Lipinski definition) is 8. The van der Waals surface area contributed by atoms with Crippen LogP contribution in [0.4, 0.5) is 4.39 Å². The van der Waals surface area contributed by atoms with Crippen molar-refractivity contribution in [3.8, 4) is 0 Å². The minimum absolute atomic E-state index is 0.109. The van der Waals surface area contributed by atoms with E-state index in [9.17, 15) is 24.1 Å². The normalized spacial score (nSPS) is 31.1. The molecule has 1 saturated carbocycles. The van der Waals surface area contributed by atoms with Crippen molar-refractivity contribution >= 4 is 14.1 Å². The average Bonchev–Trinajstić information content (AvgIpc) is 2.86. The summed E-state index contributed by atoms with van der Waals surface area (Å²) in [4.78, 5) is 37.0. The van der Waals surface area contributed by atoms with Gasteiger partial charge in [0, 0.05) is 12.3 Å². The van der Waals surface area contributed by atoms with E-state index in [2.05, 4.69) is 5.09 Å². The van der Waals surface area contributed by atoms with Gasteiger partial charge in [0.1, 0.15) is 24.4 Å². The molecule has 168 valence electrons. The first-order valence-corrected chi connectivity index (χ1v) is 10.9. The van der Waals surface area contributed by atoms with Crippen LogP contribution in [0.15, 0.2) is 21.9 Å². The van der Waals surface area contributed by atoms with E-state index < -0.39 is 62.2 Å². The van der Waals surface area contributed by atoms with E-state index >= 15 is 4.39 Å². The molecule has 3 rings (SSSR count). The number of alkyl halides is 1. The van der Waals surface area contributed by atoms with Crippen molar-refractivity contribution in [1.29, 1.82) is 0 Å². The minimum atomic E-state index is -2.93. The number of rotatable bonds is 8. The number of aliphatic hydroxyl groups is 1. The maximum Gasteiger partial charge on any atom is 0.330 e. The number of ether oxygens (including phenoxy) is 2. The van der Waals surface area contributed by atoms with Crippen LogP contribution >= 0.6 is 8.18 Å². The molecule has 0 radical (unpaired) electrons. The zero-order chi connectivity index (χ0) is 22.1. The van der Waals surface area contributed by atoms with Crippen LogP contribution in [0.2, 0.25) is 0 Å². The molecule has 2 heterocycles. The van der Waals surface area contributed by atoms with Gasteiger partial charge in [-0.05, 0) is 33.1 Å². The molecule has 13 heteroatoms. The Balaban J connectivity index is 1.56. The standard InChI is InChI=1S/C17H25FN3O8P/c1-9(14(24)28-10-4-3-5-10)20-30(26)27-8-11-13(23)17(2,18)15(29-11)21-7-6-12(22)19-16(21)25/h6-7,9-11,13,15,23,30H,3-5,8H2,1-2H3,(H,20,26)(H,19,22,25)/t9-,11+,13+,15+,17+/m0/s1. The van der Waals surface area contributed by atoms with E-state index in [1.54, 1.807) is 0 Å². The Morgan fingerprint density at radius 2 is 2.23 bits per heavy atom. The monoisotopic (exact) mass is 449 g/mol. The van der Waals surface area contributed by atoms with E-state index in [4.69, 9.17) is 14.0 Å². The molecule has 11 nitrogen and oxygen atoms in total. The molecule has 6 atom stereocenters. The molecule has 1 aromatic rings. The molecule has 1 unspecified atom stereocenters. The number of carbonyl (C=O) groups excluding carboxylic acids is 1. The third kappa shape index (κ3) is 4.89. The minimum Gasteiger partial charge on any atom is -0.461 e. The molecule has 0 bridgehead atoms. The zero-order valence-corrected chi connectivity index (χ0v) is 17.5. The van der Waals surface area contributed by atoms with Gasteiger partial charge in [0.2, 0.25) is 0 Å². The second kappa shape index (κ2) is 9.11. The molecule has 1 saturated heterocycles. The lowest BCUT2D eigenvalue weighted by Crippen LogP contribution is -2.43. The molecule has 2 fully saturated rings. The van der Waals surface area contributed by atoms with Gasteiger partial charge in [-0.3, -0.25) is 23.7 Å². The van der Waals surface area contributed by atoms with E-state index in [1.165, 1.54) is 6.92 Å². The molecule has 1 aromatic heterocycles. The summed E-state index contributed by atoms with van der Waals surface area (Å²) in [5.74, 6) is -0.548. The van der Waals surface area contributed by atoms with Gasteiger partial charge in [0.15, 0.2) is 11.9 Å². The summed E-state index contributed by atoms with van der Waals surface area (Å²) in [6.07, 6.45) is -0.901. The van der Waals surface area contributed by atoms with E-state index in [0.717, 1.165) is 43.0 Å². The number of nitrogens with zero attached hydrogens (tertiary/aromatic N) is 1. The second-order valence-electron chi connectivity index (χ2n) is 7.59. The fourth-order valence-corrected chi connectivity index (χ4v) is 4.02. The van der Waals surface area contributed by atoms with Gasteiger partial charge in [-0.25, -0.2) is 14.3 Å². The number of H-pyrrole nitrogens is 1. The molecule has 2 aliphatic rings. The SMILES string of the molecule is C[C@H](N[PH](=O)OC[C@H]1O[C@@H](n2ccc(=O)[nH]c2=O)[C@](C)(F)[C@@H]1O)C(=O)OC1CCC1. The lowest BCUT2D eigenvalue weighted by Gasteiger charge is -2.26. The van der Waals surface area contributed by atoms with Gasteiger partial charge in [0.05, 0.1) is 6.61 Å². The third-order valence-corrected chi connectivity index (χ3v) is 6.32. The van der Waals surface area contributed by atoms with E-state index in [1.807, 2.05) is 4.98 Å². The van der Waals surface area contributed by atoms with Crippen LogP contribution in [0.3, 0.4) is 0 Å². The predicted octanol–water partition coefficient (Wildman–Crippen LogP) is 0.00320. The number of aliphatic hydroxyl groups excluding tert-OH is 1. The quantitative estimate of drug-likeness (QED) is 0.368. The highest BCUT2D eigenvalue weighted by atomic mass is 31.1. The van der Waals surface area contributed by atoms with Crippen LogP contribution in [-0.2, 0) is 23.4 Å². The third-order valence-electron chi connectivity index (χ3n) is 5.22. The lowest BCUT2D eigenvalue weighted by molar-refractivity contribution is -0.154. The number of nitrogens with one attached hydrogen (secondary N) is 2. The molecule has 0 spiro atoms. The van der Waals surface area contributed by atoms with Crippen LogP contribution in [0.1, 0.15) is 39.3 Å². The van der Waals surface area contributed by atoms with Crippen molar-refractivity contribution in [2.45, 2.75) is 69.4 Å². The van der Waals surface area contributed by atoms with Crippen molar-refractivity contribution in [3.63, 3.8) is 0 Å². The molecular formula is C17H25FN3O8P. The van der Waals surface area contributed by atoms with Crippen molar-refractivity contribution in [2.24, 2.45) is 0 Å². The van der Waals surface area contributed by atoms with Gasteiger partial charge in [-0.15, -0.1) is 0 Å². The second-order valence-corrected chi connectivity index (χ2v) is 8.75. The van der Waals surface area contributed by atoms with Gasteiger partial charge < -0.3 is 19.1 Å². The Labute approximate surface area is 171 Å². The largest absolute Gasteiger partial charge is 0.461 e. The molecule has 1 aliphatic carbocycles. The van der Waals surface area contributed by atoms with Crippen molar-refractivity contribution in [2.75, 3.05) is 6.61 Å². The van der Waals surface area contributed by atoms with E-state index in [0.29, 0.717) is 0 Å². The molecule has 30 heavy (non-hydrogen) atoms. The fourth-order valence-electron chi connectivity index (χ4n) is 3.15. The molecule has 0 amide bonds. The summed E-state index contributed by atoms with van der Waals surface area (Å²) in [6, 6.07) is 0.148. The number of esters is 1. The van der Waals surface area contributed by atoms with Crippen LogP contribution in [-0.4, -0.2) is 57.3 Å². The zero-order valence-electron chi connectivity index (χ0n) is 16.5. The van der Waals surface area contributed by atoms with Gasteiger partial charge in [-0.2, -0.15) is 0 Å². The lowest BCUT2D eigenvalue weighted by atomic mass is 9.96. The summed E-state index contributed by atoms with van der Waals surface area (Å²) in [5, 5.41) is 12.7. The highest BCUT2D eigenvalue weighted by Crippen LogP contribution is 2.41. The number of aromatic amines is 1. The van der Waals surface area contributed by atoms with E-state index in [-0.39, 0.29) is 6.10 Å². The number of halogens is 1. The number of aromatic nitrogens is 2. The molecule has 3 N–H and O–H groups in total. The van der Waals surface area contributed by atoms with Crippen LogP contribution in [0, 0.1) is 0 Å². The van der Waals surface area contributed by atoms with Crippen molar-refractivity contribution < 1.29 is 32.9 Å². The molecular weight excluding hydrogens is 424 g/mol. The summed E-state index contributed by atoms with van der Waals surface area (Å²) in [5.41, 5.74) is -3.96. The van der Waals surface area contributed by atoms with Crippen molar-refractivity contribution in [1.82, 2.24) is 14.6 Å². The highest BCUT2D eigenvalue weighted by molar-refractivity contribution is 7.36. The molecule has 1 aliphatic heterocycles. The first kappa shape index (κ1) is 22.8. The first-order chi connectivity index (χ1) is 14.1. The number of carbonyl (C=O) groups is 1. The van der Waals surface area contributed by atoms with Gasteiger partial charge in [0.25, 0.3) is 13.7 Å². The van der Waals surface area contributed by atoms with Crippen molar-refractivity contribution in [3.05, 3.63) is 33.1 Å². The Kier molecular flexibility index (Phi) is 6.93. The maximum atomic E-state index is 15.1. The topological polar surface area (TPSA) is 149 Å². The van der Waals surface area contributed by atoms with Crippen LogP contribution < -0.4 is 16.3 Å². The summed E-state index contributed by atoms with van der Waals surface area (Å²) >= 11 is 0. The van der Waals surface area contributed by atoms with Crippen LogP contribution in [0.25, 0.3) is 0 Å². The summed E-state index contributed by atoms with van der Waals surface area (Å²) in [6.45, 7) is 2.06. The Morgan fingerprint density at radius 1 is 1.53 bits per heavy atom. The Morgan fingerprint density at radius 3 is 2.83 bits per heavy atom. The average molecular weight is 449 g/mol. The maximum absolute atomic E-state index is 15.1. The summed E-state index contributed by atoms with van der Waals surface area (Å²) < 4.78 is 43.7. The van der Waals surface area contributed by atoms with Gasteiger partial charge >= 0.3 is 11.7 Å².